The van der Waals surface area contributed by atoms with Crippen LogP contribution in [0.15, 0.2) is 43.0 Å². The molecule has 2 aromatic rings. The topological polar surface area (TPSA) is 39.1 Å². The van der Waals surface area contributed by atoms with Gasteiger partial charge in [-0.3, -0.25) is 0 Å². The van der Waals surface area contributed by atoms with Gasteiger partial charge >= 0.3 is 0 Å². The second-order valence-electron chi connectivity index (χ2n) is 4.43. The van der Waals surface area contributed by atoms with Crippen molar-refractivity contribution in [1.82, 2.24) is 14.9 Å². The Morgan fingerprint density at radius 3 is 2.74 bits per heavy atom. The van der Waals surface area contributed by atoms with E-state index >= 15 is 0 Å². The number of hydrogen-bond donors (Lipinski definition) is 1. The van der Waals surface area contributed by atoms with Crippen LogP contribution in [0, 0.1) is 0 Å². The van der Waals surface area contributed by atoms with Crippen LogP contribution in [0.1, 0.15) is 25.5 Å². The van der Waals surface area contributed by atoms with E-state index in [0.29, 0.717) is 6.04 Å². The largest absolute Gasteiger partial charge is 0.380 e. The molecule has 1 N–H and O–H groups in total. The van der Waals surface area contributed by atoms with Crippen molar-refractivity contribution in [1.29, 1.82) is 0 Å². The van der Waals surface area contributed by atoms with E-state index < -0.39 is 0 Å². The van der Waals surface area contributed by atoms with Gasteiger partial charge in [0.25, 0.3) is 0 Å². The Hall–Kier alpha value is -1.65. The van der Waals surface area contributed by atoms with Crippen molar-refractivity contribution in [2.75, 3.05) is 19.8 Å². The summed E-state index contributed by atoms with van der Waals surface area (Å²) in [5.74, 6) is 0. The number of hydrogen-bond acceptors (Lipinski definition) is 3. The van der Waals surface area contributed by atoms with Gasteiger partial charge in [-0.25, -0.2) is 4.98 Å². The van der Waals surface area contributed by atoms with Gasteiger partial charge in [0.15, 0.2) is 0 Å². The molecule has 1 aromatic heterocycles. The lowest BCUT2D eigenvalue weighted by atomic mass is 10.1. The SMILES string of the molecule is CCOCCNC(C)c1ccc(-n2ccnc2)cc1. The number of aromatic nitrogens is 2. The van der Waals surface area contributed by atoms with Gasteiger partial charge in [-0.1, -0.05) is 12.1 Å². The highest BCUT2D eigenvalue weighted by Gasteiger charge is 2.04. The zero-order valence-corrected chi connectivity index (χ0v) is 11.5. The molecular weight excluding hydrogens is 238 g/mol. The van der Waals surface area contributed by atoms with Crippen LogP contribution < -0.4 is 5.32 Å². The minimum Gasteiger partial charge on any atom is -0.380 e. The summed E-state index contributed by atoms with van der Waals surface area (Å²) >= 11 is 0. The summed E-state index contributed by atoms with van der Waals surface area (Å²) in [4.78, 5) is 4.05. The molecule has 0 spiro atoms. The lowest BCUT2D eigenvalue weighted by Gasteiger charge is -2.14. The molecule has 4 heteroatoms. The summed E-state index contributed by atoms with van der Waals surface area (Å²) in [6.07, 6.45) is 5.53. The molecule has 0 aliphatic rings. The summed E-state index contributed by atoms with van der Waals surface area (Å²) in [5, 5.41) is 3.44. The number of ether oxygens (including phenoxy) is 1. The van der Waals surface area contributed by atoms with Gasteiger partial charge in [-0.05, 0) is 31.5 Å². The molecule has 0 amide bonds. The number of rotatable bonds is 7. The number of benzene rings is 1. The summed E-state index contributed by atoms with van der Waals surface area (Å²) in [6, 6.07) is 8.84. The molecule has 2 rings (SSSR count). The third kappa shape index (κ3) is 3.91. The first-order chi connectivity index (χ1) is 9.31. The molecule has 1 heterocycles. The van der Waals surface area contributed by atoms with Crippen LogP contribution in [0.4, 0.5) is 0 Å². The first-order valence-electron chi connectivity index (χ1n) is 6.70. The molecule has 1 atom stereocenters. The van der Waals surface area contributed by atoms with Gasteiger partial charge in [0.05, 0.1) is 12.9 Å². The third-order valence-electron chi connectivity index (χ3n) is 3.10. The Morgan fingerprint density at radius 2 is 2.11 bits per heavy atom. The number of nitrogens with one attached hydrogen (secondary N) is 1. The molecule has 0 aliphatic carbocycles. The van der Waals surface area contributed by atoms with Gasteiger partial charge in [0.1, 0.15) is 0 Å². The van der Waals surface area contributed by atoms with Crippen molar-refractivity contribution >= 4 is 0 Å². The monoisotopic (exact) mass is 259 g/mol. The average molecular weight is 259 g/mol. The Kier molecular flexibility index (Phi) is 5.12. The highest BCUT2D eigenvalue weighted by atomic mass is 16.5. The lowest BCUT2D eigenvalue weighted by molar-refractivity contribution is 0.147. The van der Waals surface area contributed by atoms with Gasteiger partial charge in [0.2, 0.25) is 0 Å². The average Bonchev–Trinajstić information content (AvgIpc) is 2.98. The zero-order chi connectivity index (χ0) is 13.5. The van der Waals surface area contributed by atoms with E-state index in [1.165, 1.54) is 5.56 Å². The predicted molar refractivity (Wildman–Crippen MR) is 76.5 cm³/mol. The van der Waals surface area contributed by atoms with Gasteiger partial charge < -0.3 is 14.6 Å². The minimum atomic E-state index is 0.331. The fourth-order valence-electron chi connectivity index (χ4n) is 1.96. The number of nitrogens with zero attached hydrogens (tertiary/aromatic N) is 2. The molecule has 1 aromatic carbocycles. The van der Waals surface area contributed by atoms with Crippen LogP contribution in [-0.4, -0.2) is 29.3 Å². The van der Waals surface area contributed by atoms with E-state index in [1.54, 1.807) is 12.5 Å². The van der Waals surface area contributed by atoms with E-state index in [-0.39, 0.29) is 0 Å². The molecule has 0 bridgehead atoms. The summed E-state index contributed by atoms with van der Waals surface area (Å²) < 4.78 is 7.31. The van der Waals surface area contributed by atoms with Crippen molar-refractivity contribution in [3.8, 4) is 5.69 Å². The first kappa shape index (κ1) is 13.8. The molecule has 0 saturated heterocycles. The Balaban J connectivity index is 1.90. The fourth-order valence-corrected chi connectivity index (χ4v) is 1.96. The molecule has 4 nitrogen and oxygen atoms in total. The van der Waals surface area contributed by atoms with Crippen LogP contribution in [0.25, 0.3) is 5.69 Å². The third-order valence-corrected chi connectivity index (χ3v) is 3.10. The van der Waals surface area contributed by atoms with E-state index in [4.69, 9.17) is 4.74 Å². The Morgan fingerprint density at radius 1 is 1.32 bits per heavy atom. The maximum atomic E-state index is 5.32. The van der Waals surface area contributed by atoms with Crippen molar-refractivity contribution in [3.63, 3.8) is 0 Å². The van der Waals surface area contributed by atoms with Gasteiger partial charge in [0, 0.05) is 37.3 Å². The van der Waals surface area contributed by atoms with Crippen LogP contribution in [-0.2, 0) is 4.74 Å². The summed E-state index contributed by atoms with van der Waals surface area (Å²) in [7, 11) is 0. The second kappa shape index (κ2) is 7.07. The predicted octanol–water partition coefficient (Wildman–Crippen LogP) is 2.56. The van der Waals surface area contributed by atoms with Crippen LogP contribution in [0.3, 0.4) is 0 Å². The molecule has 19 heavy (non-hydrogen) atoms. The highest BCUT2D eigenvalue weighted by molar-refractivity contribution is 5.35. The van der Waals surface area contributed by atoms with Crippen molar-refractivity contribution in [2.24, 2.45) is 0 Å². The van der Waals surface area contributed by atoms with Crippen molar-refractivity contribution in [2.45, 2.75) is 19.9 Å². The number of imidazole rings is 1. The molecule has 1 unspecified atom stereocenters. The highest BCUT2D eigenvalue weighted by Crippen LogP contribution is 2.15. The minimum absolute atomic E-state index is 0.331. The smallest absolute Gasteiger partial charge is 0.0991 e. The molecule has 0 saturated carbocycles. The molecule has 0 radical (unpaired) electrons. The molecular formula is C15H21N3O. The van der Waals surface area contributed by atoms with Crippen LogP contribution in [0.2, 0.25) is 0 Å². The molecule has 0 aliphatic heterocycles. The normalized spacial score (nSPS) is 12.5. The standard InChI is InChI=1S/C15H21N3O/c1-3-19-11-9-17-13(2)14-4-6-15(7-5-14)18-10-8-16-12-18/h4-8,10,12-13,17H,3,9,11H2,1-2H3. The molecule has 102 valence electrons. The summed E-state index contributed by atoms with van der Waals surface area (Å²) in [6.45, 7) is 6.58. The van der Waals surface area contributed by atoms with Gasteiger partial charge in [-0.2, -0.15) is 0 Å². The van der Waals surface area contributed by atoms with Crippen molar-refractivity contribution in [3.05, 3.63) is 48.5 Å². The Labute approximate surface area is 114 Å². The maximum absolute atomic E-state index is 5.32. The second-order valence-corrected chi connectivity index (χ2v) is 4.43. The van der Waals surface area contributed by atoms with E-state index in [2.05, 4.69) is 41.5 Å². The Bertz CT molecular complexity index is 465. The molecule has 0 fully saturated rings. The van der Waals surface area contributed by atoms with Gasteiger partial charge in [-0.15, -0.1) is 0 Å². The van der Waals surface area contributed by atoms with E-state index in [0.717, 1.165) is 25.4 Å². The van der Waals surface area contributed by atoms with E-state index in [9.17, 15) is 0 Å². The van der Waals surface area contributed by atoms with Crippen LogP contribution >= 0.6 is 0 Å². The quantitative estimate of drug-likeness (QED) is 0.777. The van der Waals surface area contributed by atoms with Crippen molar-refractivity contribution < 1.29 is 4.74 Å². The van der Waals surface area contributed by atoms with E-state index in [1.807, 2.05) is 17.7 Å². The fraction of sp³-hybridized carbons (Fsp3) is 0.400. The summed E-state index contributed by atoms with van der Waals surface area (Å²) in [5.41, 5.74) is 2.41. The first-order valence-corrected chi connectivity index (χ1v) is 6.70. The zero-order valence-electron chi connectivity index (χ0n) is 11.5. The lowest BCUT2D eigenvalue weighted by Crippen LogP contribution is -2.23. The maximum Gasteiger partial charge on any atom is 0.0991 e. The van der Waals surface area contributed by atoms with Crippen LogP contribution in [0.5, 0.6) is 0 Å².